The summed E-state index contributed by atoms with van der Waals surface area (Å²) < 4.78 is 16.1. The van der Waals surface area contributed by atoms with Crippen molar-refractivity contribution < 1.29 is 14.3 Å². The minimum absolute atomic E-state index is 0.0590. The van der Waals surface area contributed by atoms with Gasteiger partial charge in [-0.2, -0.15) is 0 Å². The van der Waals surface area contributed by atoms with E-state index in [2.05, 4.69) is 9.80 Å². The number of aromatic nitrogens is 1. The Kier molecular flexibility index (Phi) is 5.59. The van der Waals surface area contributed by atoms with Gasteiger partial charge in [0.25, 0.3) is 0 Å². The lowest BCUT2D eigenvalue weighted by Crippen LogP contribution is -2.48. The highest BCUT2D eigenvalue weighted by Gasteiger charge is 2.23. The lowest BCUT2D eigenvalue weighted by atomic mass is 10.1. The Bertz CT molecular complexity index is 1050. The quantitative estimate of drug-likeness (QED) is 0.651. The molecular formula is C24H26FN3O2. The van der Waals surface area contributed by atoms with Gasteiger partial charge in [0, 0.05) is 48.8 Å². The molecule has 5 nitrogen and oxygen atoms in total. The molecule has 1 aromatic heterocycles. The zero-order valence-corrected chi connectivity index (χ0v) is 17.3. The minimum atomic E-state index is -0.302. The number of hydrogen-bond donors (Lipinski definition) is 1. The fourth-order valence-corrected chi connectivity index (χ4v) is 4.16. The fraction of sp³-hybridized carbons (Fsp3) is 0.292. The van der Waals surface area contributed by atoms with Crippen molar-refractivity contribution in [2.75, 3.05) is 37.6 Å². The normalized spacial score (nSPS) is 14.8. The lowest BCUT2D eigenvalue weighted by Gasteiger charge is -2.35. The lowest BCUT2D eigenvalue weighted by molar-refractivity contribution is 0.0926. The van der Waals surface area contributed by atoms with E-state index in [9.17, 15) is 14.3 Å². The molecule has 6 heteroatoms. The second kappa shape index (κ2) is 8.32. The summed E-state index contributed by atoms with van der Waals surface area (Å²) in [4.78, 5) is 17.4. The predicted octanol–water partition coefficient (Wildman–Crippen LogP) is 3.94. The first-order valence-corrected chi connectivity index (χ1v) is 10.2. The summed E-state index contributed by atoms with van der Waals surface area (Å²) in [6.07, 6.45) is 0. The number of para-hydroxylation sites is 1. The van der Waals surface area contributed by atoms with E-state index < -0.39 is 0 Å². The molecule has 0 bridgehead atoms. The summed E-state index contributed by atoms with van der Waals surface area (Å²) in [7, 11) is 0. The van der Waals surface area contributed by atoms with Crippen molar-refractivity contribution >= 4 is 11.5 Å². The van der Waals surface area contributed by atoms with Gasteiger partial charge in [-0.3, -0.25) is 9.69 Å². The predicted molar refractivity (Wildman–Crippen MR) is 116 cm³/mol. The summed E-state index contributed by atoms with van der Waals surface area (Å²) in [6.45, 7) is 7.35. The van der Waals surface area contributed by atoms with Gasteiger partial charge in [0.15, 0.2) is 5.78 Å². The van der Waals surface area contributed by atoms with Gasteiger partial charge < -0.3 is 14.6 Å². The molecule has 2 heterocycles. The monoisotopic (exact) mass is 407 g/mol. The second-order valence-electron chi connectivity index (χ2n) is 7.77. The van der Waals surface area contributed by atoms with Gasteiger partial charge in [0.1, 0.15) is 11.6 Å². The first-order valence-electron chi connectivity index (χ1n) is 10.2. The number of halogens is 1. The number of phenolic OH excluding ortho intramolecular Hbond substituents is 1. The van der Waals surface area contributed by atoms with Crippen LogP contribution < -0.4 is 4.90 Å². The maximum Gasteiger partial charge on any atom is 0.178 e. The van der Waals surface area contributed by atoms with Crippen molar-refractivity contribution in [1.82, 2.24) is 9.47 Å². The molecule has 1 saturated heterocycles. The number of phenols is 1. The maximum absolute atomic E-state index is 14.3. The number of carbonyl (C=O) groups is 1. The van der Waals surface area contributed by atoms with Gasteiger partial charge in [-0.05, 0) is 56.3 Å². The van der Waals surface area contributed by atoms with Crippen molar-refractivity contribution in [3.8, 4) is 11.4 Å². The molecule has 0 radical (unpaired) electrons. The summed E-state index contributed by atoms with van der Waals surface area (Å²) in [5, 5.41) is 9.45. The van der Waals surface area contributed by atoms with Gasteiger partial charge >= 0.3 is 0 Å². The third kappa shape index (κ3) is 3.96. The van der Waals surface area contributed by atoms with Crippen LogP contribution in [0.1, 0.15) is 21.7 Å². The number of aryl methyl sites for hydroxylation is 1. The zero-order chi connectivity index (χ0) is 21.3. The van der Waals surface area contributed by atoms with Gasteiger partial charge in [0.2, 0.25) is 0 Å². The Labute approximate surface area is 176 Å². The molecule has 1 N–H and O–H groups in total. The third-order valence-electron chi connectivity index (χ3n) is 5.78. The van der Waals surface area contributed by atoms with Gasteiger partial charge in [-0.15, -0.1) is 0 Å². The number of rotatable bonds is 5. The van der Waals surface area contributed by atoms with E-state index in [0.29, 0.717) is 17.8 Å². The Hall–Kier alpha value is -3.12. The Morgan fingerprint density at radius 2 is 1.67 bits per heavy atom. The van der Waals surface area contributed by atoms with Crippen LogP contribution in [0.4, 0.5) is 10.1 Å². The topological polar surface area (TPSA) is 48.7 Å². The molecule has 3 aromatic rings. The van der Waals surface area contributed by atoms with Gasteiger partial charge in [-0.1, -0.05) is 12.1 Å². The van der Waals surface area contributed by atoms with Crippen LogP contribution in [0.5, 0.6) is 5.75 Å². The summed E-state index contributed by atoms with van der Waals surface area (Å²) in [5.74, 6) is 0.0170. The van der Waals surface area contributed by atoms with Crippen LogP contribution in [0.25, 0.3) is 5.69 Å². The van der Waals surface area contributed by atoms with Crippen molar-refractivity contribution in [2.24, 2.45) is 0 Å². The van der Waals surface area contributed by atoms with E-state index in [1.165, 1.54) is 6.07 Å². The standard InChI is InChI=1S/C24H26FN3O2/c1-17-15-21(18(2)28(17)23-6-4-3-5-22(23)25)24(30)16-26-11-13-27(14-12-26)19-7-9-20(29)10-8-19/h3-10,15,29H,11-14,16H2,1-2H3. The molecule has 0 saturated carbocycles. The van der Waals surface area contributed by atoms with Crippen LogP contribution in [0, 0.1) is 19.7 Å². The molecule has 1 aliphatic heterocycles. The number of nitrogens with zero attached hydrogens (tertiary/aromatic N) is 3. The number of Topliss-reactive ketones (excluding diaryl/α,β-unsaturated/α-hetero) is 1. The van der Waals surface area contributed by atoms with Crippen LogP contribution >= 0.6 is 0 Å². The van der Waals surface area contributed by atoms with Crippen molar-refractivity contribution in [1.29, 1.82) is 0 Å². The van der Waals surface area contributed by atoms with E-state index in [1.807, 2.05) is 36.6 Å². The van der Waals surface area contributed by atoms with Crippen molar-refractivity contribution in [3.05, 3.63) is 77.4 Å². The number of ketones is 1. The maximum atomic E-state index is 14.3. The van der Waals surface area contributed by atoms with Crippen molar-refractivity contribution in [2.45, 2.75) is 13.8 Å². The molecule has 0 spiro atoms. The zero-order valence-electron chi connectivity index (χ0n) is 17.3. The van der Waals surface area contributed by atoms with Crippen LogP contribution in [-0.4, -0.2) is 53.1 Å². The molecule has 2 aromatic carbocycles. The second-order valence-corrected chi connectivity index (χ2v) is 7.77. The molecule has 1 fully saturated rings. The number of aromatic hydroxyl groups is 1. The molecule has 0 atom stereocenters. The van der Waals surface area contributed by atoms with E-state index >= 15 is 0 Å². The molecular weight excluding hydrogens is 381 g/mol. The third-order valence-corrected chi connectivity index (χ3v) is 5.78. The Morgan fingerprint density at radius 3 is 2.33 bits per heavy atom. The first-order chi connectivity index (χ1) is 14.4. The van der Waals surface area contributed by atoms with E-state index in [-0.39, 0.29) is 17.3 Å². The molecule has 4 rings (SSSR count). The summed E-state index contributed by atoms with van der Waals surface area (Å²) in [6, 6.07) is 15.7. The van der Waals surface area contributed by atoms with E-state index in [4.69, 9.17) is 0 Å². The SMILES string of the molecule is Cc1cc(C(=O)CN2CCN(c3ccc(O)cc3)CC2)c(C)n1-c1ccccc1F. The highest BCUT2D eigenvalue weighted by Crippen LogP contribution is 2.24. The number of anilines is 1. The average Bonchev–Trinajstić information content (AvgIpc) is 3.04. The van der Waals surface area contributed by atoms with Crippen LogP contribution in [0.3, 0.4) is 0 Å². The molecule has 156 valence electrons. The first kappa shape index (κ1) is 20.2. The van der Waals surface area contributed by atoms with E-state index in [1.54, 1.807) is 30.3 Å². The van der Waals surface area contributed by atoms with Crippen LogP contribution in [0.2, 0.25) is 0 Å². The number of piperazine rings is 1. The van der Waals surface area contributed by atoms with E-state index in [0.717, 1.165) is 43.3 Å². The minimum Gasteiger partial charge on any atom is -0.508 e. The summed E-state index contributed by atoms with van der Waals surface area (Å²) in [5.41, 5.74) is 3.81. The Morgan fingerprint density at radius 1 is 1.00 bits per heavy atom. The average molecular weight is 407 g/mol. The van der Waals surface area contributed by atoms with Crippen LogP contribution in [-0.2, 0) is 0 Å². The van der Waals surface area contributed by atoms with Crippen molar-refractivity contribution in [3.63, 3.8) is 0 Å². The molecule has 0 aliphatic carbocycles. The summed E-state index contributed by atoms with van der Waals surface area (Å²) >= 11 is 0. The van der Waals surface area contributed by atoms with Crippen LogP contribution in [0.15, 0.2) is 54.6 Å². The highest BCUT2D eigenvalue weighted by molar-refractivity contribution is 5.99. The molecule has 1 aliphatic rings. The fourth-order valence-electron chi connectivity index (χ4n) is 4.16. The number of carbonyl (C=O) groups excluding carboxylic acids is 1. The number of benzene rings is 2. The highest BCUT2D eigenvalue weighted by atomic mass is 19.1. The largest absolute Gasteiger partial charge is 0.508 e. The molecule has 30 heavy (non-hydrogen) atoms. The molecule has 0 amide bonds. The number of hydrogen-bond acceptors (Lipinski definition) is 4. The Balaban J connectivity index is 1.43. The van der Waals surface area contributed by atoms with Gasteiger partial charge in [0.05, 0.1) is 12.2 Å². The molecule has 0 unspecified atom stereocenters. The van der Waals surface area contributed by atoms with Gasteiger partial charge in [-0.25, -0.2) is 4.39 Å². The smallest absolute Gasteiger partial charge is 0.178 e.